The van der Waals surface area contributed by atoms with Crippen molar-refractivity contribution in [2.45, 2.75) is 45.2 Å². The van der Waals surface area contributed by atoms with Gasteiger partial charge < -0.3 is 10.1 Å². The van der Waals surface area contributed by atoms with Crippen molar-refractivity contribution >= 4 is 23.3 Å². The van der Waals surface area contributed by atoms with Crippen LogP contribution in [0.5, 0.6) is 0 Å². The van der Waals surface area contributed by atoms with Gasteiger partial charge in [0.2, 0.25) is 0 Å². The van der Waals surface area contributed by atoms with E-state index < -0.39 is 0 Å². The summed E-state index contributed by atoms with van der Waals surface area (Å²) in [6, 6.07) is 0. The molecule has 0 aromatic carbocycles. The first-order chi connectivity index (χ1) is 8.54. The minimum atomic E-state index is -0.255. The Hall–Kier alpha value is -0.880. The van der Waals surface area contributed by atoms with Gasteiger partial charge in [-0.1, -0.05) is 13.3 Å². The van der Waals surface area contributed by atoms with Crippen molar-refractivity contribution in [1.29, 1.82) is 0 Å². The molecule has 0 unspecified atom stereocenters. The molecule has 102 valence electrons. The van der Waals surface area contributed by atoms with E-state index in [0.717, 1.165) is 12.8 Å². The number of carbonyl (C=O) groups excluding carboxylic acids is 1. The van der Waals surface area contributed by atoms with Crippen LogP contribution >= 0.6 is 12.2 Å². The van der Waals surface area contributed by atoms with Gasteiger partial charge in [0, 0.05) is 0 Å². The molecule has 2 aliphatic rings. The molecule has 0 amide bonds. The summed E-state index contributed by atoms with van der Waals surface area (Å²) < 4.78 is 4.94. The highest BCUT2D eigenvalue weighted by Crippen LogP contribution is 2.32. The number of thiocarbonyl (C=S) groups is 1. The Morgan fingerprint density at radius 3 is 3.11 bits per heavy atom. The molecule has 1 saturated carbocycles. The van der Waals surface area contributed by atoms with Crippen LogP contribution in [-0.2, 0) is 9.53 Å². The first kappa shape index (κ1) is 13.5. The summed E-state index contributed by atoms with van der Waals surface area (Å²) in [6.45, 7) is 4.61. The van der Waals surface area contributed by atoms with Crippen molar-refractivity contribution < 1.29 is 9.53 Å². The molecule has 2 N–H and O–H groups in total. The van der Waals surface area contributed by atoms with E-state index in [1.54, 1.807) is 11.9 Å². The van der Waals surface area contributed by atoms with Crippen LogP contribution in [0.15, 0.2) is 0 Å². The molecule has 0 aromatic heterocycles. The summed E-state index contributed by atoms with van der Waals surface area (Å²) >= 11 is 5.28. The van der Waals surface area contributed by atoms with Crippen LogP contribution in [-0.4, -0.2) is 34.9 Å². The maximum atomic E-state index is 11.5. The number of hydrazine groups is 1. The molecule has 0 bridgehead atoms. The molecule has 18 heavy (non-hydrogen) atoms. The van der Waals surface area contributed by atoms with Gasteiger partial charge in [-0.3, -0.25) is 9.80 Å². The van der Waals surface area contributed by atoms with E-state index in [1.165, 1.54) is 12.8 Å². The van der Waals surface area contributed by atoms with Crippen LogP contribution in [0.1, 0.15) is 39.5 Å². The van der Waals surface area contributed by atoms with E-state index in [-0.39, 0.29) is 18.2 Å². The Kier molecular flexibility index (Phi) is 4.07. The summed E-state index contributed by atoms with van der Waals surface area (Å²) in [5.41, 5.74) is 3.20. The van der Waals surface area contributed by atoms with Crippen molar-refractivity contribution in [3.05, 3.63) is 0 Å². The predicted molar refractivity (Wildman–Crippen MR) is 72.6 cm³/mol. The highest BCUT2D eigenvalue weighted by molar-refractivity contribution is 7.80. The highest BCUT2D eigenvalue weighted by atomic mass is 32.1. The summed E-state index contributed by atoms with van der Waals surface area (Å²) in [4.78, 5) is 11.5. The van der Waals surface area contributed by atoms with Gasteiger partial charge in [-0.15, -0.1) is 0 Å². The van der Waals surface area contributed by atoms with Gasteiger partial charge in [0.15, 0.2) is 5.11 Å². The lowest BCUT2D eigenvalue weighted by Crippen LogP contribution is -2.54. The van der Waals surface area contributed by atoms with Crippen molar-refractivity contribution in [2.24, 2.45) is 5.92 Å². The first-order valence-corrected chi connectivity index (χ1v) is 6.98. The van der Waals surface area contributed by atoms with Gasteiger partial charge in [-0.2, -0.15) is 0 Å². The van der Waals surface area contributed by atoms with Crippen molar-refractivity contribution in [3.63, 3.8) is 0 Å². The third kappa shape index (κ3) is 2.92. The SMILES string of the molecule is CCOC(=O)CN1N[C@]2(CCC[C@H](C)C2)NC1=S. The summed E-state index contributed by atoms with van der Waals surface area (Å²) in [6.07, 6.45) is 4.51. The van der Waals surface area contributed by atoms with Crippen LogP contribution < -0.4 is 10.7 Å². The lowest BCUT2D eigenvalue weighted by atomic mass is 9.83. The maximum Gasteiger partial charge on any atom is 0.327 e. The predicted octanol–water partition coefficient (Wildman–Crippen LogP) is 1.15. The zero-order chi connectivity index (χ0) is 13.2. The molecule has 1 aliphatic heterocycles. The van der Waals surface area contributed by atoms with E-state index in [2.05, 4.69) is 17.7 Å². The molecule has 2 rings (SSSR count). The minimum Gasteiger partial charge on any atom is -0.465 e. The normalized spacial score (nSPS) is 31.6. The molecule has 2 fully saturated rings. The van der Waals surface area contributed by atoms with Crippen molar-refractivity contribution in [3.8, 4) is 0 Å². The summed E-state index contributed by atoms with van der Waals surface area (Å²) in [5.74, 6) is 0.416. The monoisotopic (exact) mass is 271 g/mol. The fraction of sp³-hybridized carbons (Fsp3) is 0.833. The van der Waals surface area contributed by atoms with Gasteiger partial charge in [0.25, 0.3) is 0 Å². The standard InChI is InChI=1S/C12H21N3O2S/c1-3-17-10(16)8-15-11(18)13-12(14-15)6-4-5-9(2)7-12/h9,14H,3-8H2,1-2H3,(H,13,18)/t9-,12-/m0/s1. The van der Waals surface area contributed by atoms with Gasteiger partial charge >= 0.3 is 5.97 Å². The average molecular weight is 271 g/mol. The molecule has 0 aromatic rings. The van der Waals surface area contributed by atoms with E-state index in [0.29, 0.717) is 17.6 Å². The second-order valence-corrected chi connectivity index (χ2v) is 5.60. The fourth-order valence-corrected chi connectivity index (χ4v) is 3.13. The zero-order valence-corrected chi connectivity index (χ0v) is 11.8. The average Bonchev–Trinajstić information content (AvgIpc) is 2.54. The van der Waals surface area contributed by atoms with Crippen molar-refractivity contribution in [1.82, 2.24) is 15.8 Å². The van der Waals surface area contributed by atoms with Gasteiger partial charge in [0.1, 0.15) is 12.2 Å². The van der Waals surface area contributed by atoms with E-state index >= 15 is 0 Å². The Bertz CT molecular complexity index is 350. The quantitative estimate of drug-likeness (QED) is 0.593. The first-order valence-electron chi connectivity index (χ1n) is 6.58. The second-order valence-electron chi connectivity index (χ2n) is 5.22. The van der Waals surface area contributed by atoms with Gasteiger partial charge in [0.05, 0.1) is 6.61 Å². The Labute approximate surface area is 113 Å². The molecular weight excluding hydrogens is 250 g/mol. The molecule has 1 heterocycles. The molecule has 1 aliphatic carbocycles. The molecule has 1 saturated heterocycles. The number of hydrogen-bond donors (Lipinski definition) is 2. The lowest BCUT2D eigenvalue weighted by molar-refractivity contribution is -0.144. The topological polar surface area (TPSA) is 53.6 Å². The summed E-state index contributed by atoms with van der Waals surface area (Å²) in [5, 5.41) is 5.63. The molecule has 2 atom stereocenters. The number of nitrogens with one attached hydrogen (secondary N) is 2. The molecular formula is C12H21N3O2S. The van der Waals surface area contributed by atoms with Gasteiger partial charge in [-0.05, 0) is 44.3 Å². The van der Waals surface area contributed by atoms with Crippen LogP contribution in [0, 0.1) is 5.92 Å². The maximum absolute atomic E-state index is 11.5. The van der Waals surface area contributed by atoms with Crippen LogP contribution in [0.25, 0.3) is 0 Å². The van der Waals surface area contributed by atoms with Crippen molar-refractivity contribution in [2.75, 3.05) is 13.2 Å². The number of esters is 1. The van der Waals surface area contributed by atoms with E-state index in [9.17, 15) is 4.79 Å². The molecule has 0 radical (unpaired) electrons. The number of nitrogens with zero attached hydrogens (tertiary/aromatic N) is 1. The Balaban J connectivity index is 1.95. The van der Waals surface area contributed by atoms with Gasteiger partial charge in [-0.25, -0.2) is 5.43 Å². The van der Waals surface area contributed by atoms with E-state index in [1.807, 2.05) is 0 Å². The number of rotatable bonds is 3. The van der Waals surface area contributed by atoms with E-state index in [4.69, 9.17) is 17.0 Å². The Morgan fingerprint density at radius 2 is 2.44 bits per heavy atom. The smallest absolute Gasteiger partial charge is 0.327 e. The Morgan fingerprint density at radius 1 is 1.67 bits per heavy atom. The van der Waals surface area contributed by atoms with Crippen LogP contribution in [0.4, 0.5) is 0 Å². The second kappa shape index (κ2) is 5.40. The molecule has 1 spiro atoms. The minimum absolute atomic E-state index is 0.152. The fourth-order valence-electron chi connectivity index (χ4n) is 2.82. The zero-order valence-electron chi connectivity index (χ0n) is 11.0. The number of hydrogen-bond acceptors (Lipinski definition) is 4. The molecule has 6 heteroatoms. The number of carbonyl (C=O) groups is 1. The third-order valence-corrected chi connectivity index (χ3v) is 3.85. The van der Waals surface area contributed by atoms with Crippen LogP contribution in [0.3, 0.4) is 0 Å². The largest absolute Gasteiger partial charge is 0.465 e. The lowest BCUT2D eigenvalue weighted by Gasteiger charge is -2.36. The summed E-state index contributed by atoms with van der Waals surface area (Å²) in [7, 11) is 0. The molecule has 5 nitrogen and oxygen atoms in total. The third-order valence-electron chi connectivity index (χ3n) is 3.53. The number of ether oxygens (including phenoxy) is 1. The van der Waals surface area contributed by atoms with Crippen LogP contribution in [0.2, 0.25) is 0 Å². The highest BCUT2D eigenvalue weighted by Gasteiger charge is 2.43.